The Morgan fingerprint density at radius 1 is 1.16 bits per heavy atom. The van der Waals surface area contributed by atoms with E-state index < -0.39 is 0 Å². The highest BCUT2D eigenvalue weighted by molar-refractivity contribution is 5.97. The molecule has 0 aromatic heterocycles. The number of nitrogens with two attached hydrogens (primary N) is 1. The van der Waals surface area contributed by atoms with Gasteiger partial charge in [-0.15, -0.1) is 0 Å². The van der Waals surface area contributed by atoms with Gasteiger partial charge in [0.25, 0.3) is 0 Å². The number of unbranched alkanes of at least 4 members (excludes halogenated alkanes) is 4. The molecule has 0 radical (unpaired) electrons. The molecule has 2 N–H and O–H groups in total. The summed E-state index contributed by atoms with van der Waals surface area (Å²) < 4.78 is 0. The molecule has 1 aromatic rings. The third-order valence-corrected chi connectivity index (χ3v) is 3.75. The quantitative estimate of drug-likeness (QED) is 0.761. The SMILES string of the molecule is CCCCCCCC1CN=C(N)N1c1ccccc1. The summed E-state index contributed by atoms with van der Waals surface area (Å²) in [6, 6.07) is 10.8. The summed E-state index contributed by atoms with van der Waals surface area (Å²) in [5, 5.41) is 0. The largest absolute Gasteiger partial charge is 0.370 e. The Hall–Kier alpha value is -1.51. The third kappa shape index (κ3) is 3.72. The van der Waals surface area contributed by atoms with E-state index >= 15 is 0 Å². The Morgan fingerprint density at radius 3 is 2.63 bits per heavy atom. The second-order valence-electron chi connectivity index (χ2n) is 5.26. The molecule has 3 nitrogen and oxygen atoms in total. The number of para-hydroxylation sites is 1. The van der Waals surface area contributed by atoms with Gasteiger partial charge in [-0.3, -0.25) is 4.99 Å². The van der Waals surface area contributed by atoms with Crippen molar-refractivity contribution in [3.63, 3.8) is 0 Å². The molecule has 1 heterocycles. The molecule has 2 rings (SSSR count). The number of hydrogen-bond acceptors (Lipinski definition) is 3. The number of benzene rings is 1. The van der Waals surface area contributed by atoms with E-state index in [9.17, 15) is 0 Å². The Balaban J connectivity index is 1.87. The Morgan fingerprint density at radius 2 is 1.89 bits per heavy atom. The van der Waals surface area contributed by atoms with Crippen molar-refractivity contribution in [2.75, 3.05) is 11.4 Å². The van der Waals surface area contributed by atoms with Crippen LogP contribution in [-0.4, -0.2) is 18.5 Å². The van der Waals surface area contributed by atoms with E-state index in [2.05, 4.69) is 41.1 Å². The van der Waals surface area contributed by atoms with Gasteiger partial charge in [-0.05, 0) is 18.6 Å². The molecular formula is C16H25N3. The molecule has 0 aliphatic carbocycles. The van der Waals surface area contributed by atoms with Crippen LogP contribution in [0.2, 0.25) is 0 Å². The lowest BCUT2D eigenvalue weighted by atomic mass is 10.1. The summed E-state index contributed by atoms with van der Waals surface area (Å²) >= 11 is 0. The van der Waals surface area contributed by atoms with E-state index in [4.69, 9.17) is 5.73 Å². The van der Waals surface area contributed by atoms with E-state index in [1.54, 1.807) is 0 Å². The fourth-order valence-electron chi connectivity index (χ4n) is 2.68. The summed E-state index contributed by atoms with van der Waals surface area (Å²) in [6.45, 7) is 3.09. The standard InChI is InChI=1S/C16H25N3/c1-2-3-4-5-7-12-15-13-18-16(17)19(15)14-10-8-6-9-11-14/h6,8-11,15H,2-5,7,12-13H2,1H3,(H2,17,18). The molecule has 0 saturated heterocycles. The molecule has 3 heteroatoms. The zero-order chi connectivity index (χ0) is 13.5. The highest BCUT2D eigenvalue weighted by Gasteiger charge is 2.26. The van der Waals surface area contributed by atoms with Gasteiger partial charge in [-0.25, -0.2) is 0 Å². The normalized spacial score (nSPS) is 18.7. The fraction of sp³-hybridized carbons (Fsp3) is 0.562. The monoisotopic (exact) mass is 259 g/mol. The first-order valence-corrected chi connectivity index (χ1v) is 7.47. The van der Waals surface area contributed by atoms with Crippen molar-refractivity contribution in [2.24, 2.45) is 10.7 Å². The first-order valence-electron chi connectivity index (χ1n) is 7.47. The minimum atomic E-state index is 0.448. The molecule has 19 heavy (non-hydrogen) atoms. The molecule has 1 aliphatic heterocycles. The number of guanidine groups is 1. The molecule has 1 unspecified atom stereocenters. The maximum atomic E-state index is 6.03. The molecule has 0 amide bonds. The number of anilines is 1. The highest BCUT2D eigenvalue weighted by atomic mass is 15.3. The molecule has 0 saturated carbocycles. The van der Waals surface area contributed by atoms with Crippen LogP contribution < -0.4 is 10.6 Å². The number of nitrogens with zero attached hydrogens (tertiary/aromatic N) is 2. The molecule has 1 atom stereocenters. The molecule has 1 aliphatic rings. The van der Waals surface area contributed by atoms with Gasteiger partial charge in [-0.1, -0.05) is 57.2 Å². The van der Waals surface area contributed by atoms with Crippen molar-refractivity contribution in [2.45, 2.75) is 51.5 Å². The summed E-state index contributed by atoms with van der Waals surface area (Å²) in [7, 11) is 0. The van der Waals surface area contributed by atoms with E-state index in [1.165, 1.54) is 44.2 Å². The van der Waals surface area contributed by atoms with Crippen LogP contribution in [0.4, 0.5) is 5.69 Å². The Bertz CT molecular complexity index is 400. The first-order chi connectivity index (χ1) is 9.33. The Kier molecular flexibility index (Phi) is 5.25. The van der Waals surface area contributed by atoms with Crippen molar-refractivity contribution in [1.29, 1.82) is 0 Å². The van der Waals surface area contributed by atoms with Gasteiger partial charge >= 0.3 is 0 Å². The van der Waals surface area contributed by atoms with Gasteiger partial charge < -0.3 is 10.6 Å². The van der Waals surface area contributed by atoms with Crippen LogP contribution in [0.5, 0.6) is 0 Å². The summed E-state index contributed by atoms with van der Waals surface area (Å²) in [6.07, 6.45) is 7.79. The van der Waals surface area contributed by atoms with E-state index in [0.29, 0.717) is 12.0 Å². The van der Waals surface area contributed by atoms with Crippen molar-refractivity contribution < 1.29 is 0 Å². The van der Waals surface area contributed by atoms with Crippen molar-refractivity contribution in [3.8, 4) is 0 Å². The van der Waals surface area contributed by atoms with Crippen LogP contribution in [0.25, 0.3) is 0 Å². The number of aliphatic imine (C=N–C) groups is 1. The minimum Gasteiger partial charge on any atom is -0.370 e. The van der Waals surface area contributed by atoms with Gasteiger partial charge in [0.1, 0.15) is 0 Å². The van der Waals surface area contributed by atoms with Gasteiger partial charge in [-0.2, -0.15) is 0 Å². The fourth-order valence-corrected chi connectivity index (χ4v) is 2.68. The molecule has 0 spiro atoms. The van der Waals surface area contributed by atoms with Crippen LogP contribution in [0.15, 0.2) is 35.3 Å². The van der Waals surface area contributed by atoms with Gasteiger partial charge in [0.05, 0.1) is 12.6 Å². The lowest BCUT2D eigenvalue weighted by Crippen LogP contribution is -2.40. The molecule has 104 valence electrons. The van der Waals surface area contributed by atoms with Gasteiger partial charge in [0.2, 0.25) is 0 Å². The van der Waals surface area contributed by atoms with Crippen LogP contribution in [0.3, 0.4) is 0 Å². The van der Waals surface area contributed by atoms with Crippen molar-refractivity contribution in [1.82, 2.24) is 0 Å². The maximum absolute atomic E-state index is 6.03. The number of rotatable bonds is 7. The second-order valence-corrected chi connectivity index (χ2v) is 5.26. The minimum absolute atomic E-state index is 0.448. The lowest BCUT2D eigenvalue weighted by Gasteiger charge is -2.26. The molecule has 1 aromatic carbocycles. The first kappa shape index (κ1) is 13.9. The van der Waals surface area contributed by atoms with Crippen LogP contribution in [0.1, 0.15) is 45.4 Å². The smallest absolute Gasteiger partial charge is 0.196 e. The predicted octanol–water partition coefficient (Wildman–Crippen LogP) is 3.55. The van der Waals surface area contributed by atoms with E-state index in [-0.39, 0.29) is 0 Å². The van der Waals surface area contributed by atoms with Gasteiger partial charge in [0.15, 0.2) is 5.96 Å². The van der Waals surface area contributed by atoms with Crippen LogP contribution in [-0.2, 0) is 0 Å². The second kappa shape index (κ2) is 7.17. The predicted molar refractivity (Wildman–Crippen MR) is 82.6 cm³/mol. The summed E-state index contributed by atoms with van der Waals surface area (Å²) in [5.41, 5.74) is 7.20. The average Bonchev–Trinajstić information content (AvgIpc) is 2.81. The average molecular weight is 259 g/mol. The molecule has 0 bridgehead atoms. The highest BCUT2D eigenvalue weighted by Crippen LogP contribution is 2.23. The lowest BCUT2D eigenvalue weighted by molar-refractivity contribution is 0.555. The van der Waals surface area contributed by atoms with Crippen molar-refractivity contribution in [3.05, 3.63) is 30.3 Å². The zero-order valence-electron chi connectivity index (χ0n) is 11.9. The summed E-state index contributed by atoms with van der Waals surface area (Å²) in [5.74, 6) is 0.671. The van der Waals surface area contributed by atoms with Crippen molar-refractivity contribution >= 4 is 11.6 Å². The van der Waals surface area contributed by atoms with Crippen LogP contribution >= 0.6 is 0 Å². The third-order valence-electron chi connectivity index (χ3n) is 3.75. The molecular weight excluding hydrogens is 234 g/mol. The maximum Gasteiger partial charge on any atom is 0.196 e. The van der Waals surface area contributed by atoms with E-state index in [1.807, 2.05) is 6.07 Å². The Labute approximate surface area is 116 Å². The number of hydrogen-bond donors (Lipinski definition) is 1. The van der Waals surface area contributed by atoms with E-state index in [0.717, 1.165) is 6.54 Å². The van der Waals surface area contributed by atoms with Crippen LogP contribution in [0, 0.1) is 0 Å². The van der Waals surface area contributed by atoms with Gasteiger partial charge in [0, 0.05) is 5.69 Å². The topological polar surface area (TPSA) is 41.6 Å². The summed E-state index contributed by atoms with van der Waals surface area (Å²) in [4.78, 5) is 6.61. The molecule has 0 fully saturated rings. The zero-order valence-corrected chi connectivity index (χ0v) is 11.9.